The number of halogens is 3. The highest BCUT2D eigenvalue weighted by Gasteiger charge is 2.33. The monoisotopic (exact) mass is 377 g/mol. The van der Waals surface area contributed by atoms with Crippen molar-refractivity contribution in [2.45, 2.75) is 19.1 Å². The van der Waals surface area contributed by atoms with Gasteiger partial charge in [0.05, 0.1) is 6.20 Å². The van der Waals surface area contributed by atoms with Gasteiger partial charge in [0.25, 0.3) is 5.56 Å². The zero-order chi connectivity index (χ0) is 19.4. The highest BCUT2D eigenvalue weighted by molar-refractivity contribution is 5.55. The number of likely N-dealkylation sites (N-methyl/N-ethyl adjacent to an activating group) is 1. The van der Waals surface area contributed by atoms with Gasteiger partial charge in [-0.1, -0.05) is 24.3 Å². The van der Waals surface area contributed by atoms with Gasteiger partial charge in [-0.25, -0.2) is 4.98 Å². The number of aromatic amines is 2. The second-order valence-corrected chi connectivity index (χ2v) is 6.27. The molecule has 0 atom stereocenters. The van der Waals surface area contributed by atoms with Crippen LogP contribution in [-0.2, 0) is 19.1 Å². The van der Waals surface area contributed by atoms with E-state index in [9.17, 15) is 18.0 Å². The Kier molecular flexibility index (Phi) is 5.41. The lowest BCUT2D eigenvalue weighted by atomic mass is 10.1. The summed E-state index contributed by atoms with van der Waals surface area (Å²) < 4.78 is 38.5. The highest BCUT2D eigenvalue weighted by Crippen LogP contribution is 2.27. The fourth-order valence-electron chi connectivity index (χ4n) is 2.63. The number of nitrogens with zero attached hydrogens (tertiary/aromatic N) is 3. The number of H-pyrrole nitrogens is 2. The lowest BCUT2D eigenvalue weighted by Crippen LogP contribution is -2.20. The van der Waals surface area contributed by atoms with Gasteiger partial charge in [0, 0.05) is 30.9 Å². The van der Waals surface area contributed by atoms with Crippen LogP contribution in [0.25, 0.3) is 11.4 Å². The van der Waals surface area contributed by atoms with Crippen molar-refractivity contribution >= 4 is 0 Å². The average molecular weight is 377 g/mol. The third-order valence-corrected chi connectivity index (χ3v) is 4.05. The first-order chi connectivity index (χ1) is 12.8. The number of rotatable bonds is 6. The molecular weight excluding hydrogens is 359 g/mol. The van der Waals surface area contributed by atoms with E-state index in [4.69, 9.17) is 0 Å². The van der Waals surface area contributed by atoms with E-state index in [-0.39, 0.29) is 5.82 Å². The quantitative estimate of drug-likeness (QED) is 0.693. The SMILES string of the molecule is CN(CCc1cn[nH]c1)Cc1ccc(-c2nc(C(F)(F)F)cc(=O)[nH]2)cc1. The second-order valence-electron chi connectivity index (χ2n) is 6.27. The first kappa shape index (κ1) is 18.8. The topological polar surface area (TPSA) is 77.7 Å². The lowest BCUT2D eigenvalue weighted by molar-refractivity contribution is -0.141. The van der Waals surface area contributed by atoms with Gasteiger partial charge in [0.2, 0.25) is 0 Å². The Morgan fingerprint density at radius 1 is 1.15 bits per heavy atom. The molecule has 0 aliphatic rings. The van der Waals surface area contributed by atoms with Crippen LogP contribution in [0, 0.1) is 0 Å². The molecule has 6 nitrogen and oxygen atoms in total. The summed E-state index contributed by atoms with van der Waals surface area (Å²) in [6.45, 7) is 1.52. The molecule has 0 saturated heterocycles. The Bertz CT molecular complexity index is 933. The molecule has 0 unspecified atom stereocenters. The van der Waals surface area contributed by atoms with Crippen LogP contribution in [0.15, 0.2) is 47.5 Å². The van der Waals surface area contributed by atoms with Crippen LogP contribution in [0.3, 0.4) is 0 Å². The minimum absolute atomic E-state index is 0.102. The van der Waals surface area contributed by atoms with Gasteiger partial charge in [-0.3, -0.25) is 9.89 Å². The summed E-state index contributed by atoms with van der Waals surface area (Å²) >= 11 is 0. The number of benzene rings is 1. The van der Waals surface area contributed by atoms with Crippen LogP contribution < -0.4 is 5.56 Å². The molecule has 3 rings (SSSR count). The van der Waals surface area contributed by atoms with E-state index in [0.29, 0.717) is 18.2 Å². The molecule has 0 spiro atoms. The molecule has 0 fully saturated rings. The fraction of sp³-hybridized carbons (Fsp3) is 0.278. The predicted octanol–water partition coefficient (Wildman–Crippen LogP) is 2.85. The van der Waals surface area contributed by atoms with Gasteiger partial charge < -0.3 is 9.88 Å². The van der Waals surface area contributed by atoms with Crippen molar-refractivity contribution < 1.29 is 13.2 Å². The van der Waals surface area contributed by atoms with Crippen molar-refractivity contribution in [3.05, 3.63) is 69.9 Å². The van der Waals surface area contributed by atoms with Crippen LogP contribution >= 0.6 is 0 Å². The Morgan fingerprint density at radius 2 is 1.89 bits per heavy atom. The summed E-state index contributed by atoms with van der Waals surface area (Å²) in [7, 11) is 1.99. The number of nitrogens with one attached hydrogen (secondary N) is 2. The minimum Gasteiger partial charge on any atom is -0.307 e. The summed E-state index contributed by atoms with van der Waals surface area (Å²) in [6.07, 6.45) is -0.169. The maximum Gasteiger partial charge on any atom is 0.433 e. The van der Waals surface area contributed by atoms with Crippen molar-refractivity contribution in [2.24, 2.45) is 0 Å². The van der Waals surface area contributed by atoms with Gasteiger partial charge in [-0.05, 0) is 24.6 Å². The van der Waals surface area contributed by atoms with Crippen molar-refractivity contribution in [1.82, 2.24) is 25.1 Å². The molecule has 9 heteroatoms. The van der Waals surface area contributed by atoms with E-state index in [1.807, 2.05) is 25.4 Å². The molecule has 2 N–H and O–H groups in total. The maximum absolute atomic E-state index is 12.8. The van der Waals surface area contributed by atoms with E-state index in [1.54, 1.807) is 18.3 Å². The van der Waals surface area contributed by atoms with E-state index in [1.165, 1.54) is 0 Å². The molecule has 0 aliphatic carbocycles. The lowest BCUT2D eigenvalue weighted by Gasteiger charge is -2.16. The zero-order valence-electron chi connectivity index (χ0n) is 14.5. The van der Waals surface area contributed by atoms with Crippen molar-refractivity contribution in [3.63, 3.8) is 0 Å². The highest BCUT2D eigenvalue weighted by atomic mass is 19.4. The number of alkyl halides is 3. The number of hydrogen-bond acceptors (Lipinski definition) is 4. The average Bonchev–Trinajstić information content (AvgIpc) is 3.13. The van der Waals surface area contributed by atoms with E-state index in [2.05, 4.69) is 25.1 Å². The molecule has 2 heterocycles. The molecule has 27 heavy (non-hydrogen) atoms. The largest absolute Gasteiger partial charge is 0.433 e. The summed E-state index contributed by atoms with van der Waals surface area (Å²) in [5, 5.41) is 6.68. The van der Waals surface area contributed by atoms with Gasteiger partial charge in [0.1, 0.15) is 5.82 Å². The van der Waals surface area contributed by atoms with Crippen LogP contribution in [0.4, 0.5) is 13.2 Å². The Morgan fingerprint density at radius 3 is 2.52 bits per heavy atom. The Balaban J connectivity index is 1.68. The van der Waals surface area contributed by atoms with Crippen molar-refractivity contribution in [2.75, 3.05) is 13.6 Å². The summed E-state index contributed by atoms with van der Waals surface area (Å²) in [6, 6.07) is 7.37. The molecule has 142 valence electrons. The molecule has 0 radical (unpaired) electrons. The molecule has 1 aromatic carbocycles. The molecular formula is C18H18F3N5O. The fourth-order valence-corrected chi connectivity index (χ4v) is 2.63. The van der Waals surface area contributed by atoms with Crippen LogP contribution in [0.5, 0.6) is 0 Å². The molecule has 0 saturated carbocycles. The number of aromatic nitrogens is 4. The minimum atomic E-state index is -4.67. The van der Waals surface area contributed by atoms with Gasteiger partial charge in [0.15, 0.2) is 5.69 Å². The third kappa shape index (κ3) is 5.04. The smallest absolute Gasteiger partial charge is 0.307 e. The Labute approximate surface area is 153 Å². The van der Waals surface area contributed by atoms with Crippen LogP contribution in [-0.4, -0.2) is 38.7 Å². The van der Waals surface area contributed by atoms with Crippen LogP contribution in [0.2, 0.25) is 0 Å². The molecule has 2 aromatic heterocycles. The molecule has 3 aromatic rings. The predicted molar refractivity (Wildman–Crippen MR) is 93.9 cm³/mol. The van der Waals surface area contributed by atoms with Gasteiger partial charge in [-0.15, -0.1) is 0 Å². The first-order valence-corrected chi connectivity index (χ1v) is 8.25. The second kappa shape index (κ2) is 7.75. The van der Waals surface area contributed by atoms with Gasteiger partial charge in [-0.2, -0.15) is 18.3 Å². The normalized spacial score (nSPS) is 11.9. The van der Waals surface area contributed by atoms with Crippen molar-refractivity contribution in [1.29, 1.82) is 0 Å². The zero-order valence-corrected chi connectivity index (χ0v) is 14.5. The maximum atomic E-state index is 12.8. The molecule has 0 bridgehead atoms. The van der Waals surface area contributed by atoms with Crippen LogP contribution in [0.1, 0.15) is 16.8 Å². The molecule has 0 amide bonds. The van der Waals surface area contributed by atoms with E-state index in [0.717, 1.165) is 24.1 Å². The summed E-state index contributed by atoms with van der Waals surface area (Å²) in [4.78, 5) is 19.5. The first-order valence-electron chi connectivity index (χ1n) is 8.25. The Hall–Kier alpha value is -2.94. The van der Waals surface area contributed by atoms with E-state index < -0.39 is 17.4 Å². The van der Waals surface area contributed by atoms with Crippen molar-refractivity contribution in [3.8, 4) is 11.4 Å². The van der Waals surface area contributed by atoms with Gasteiger partial charge >= 0.3 is 6.18 Å². The third-order valence-electron chi connectivity index (χ3n) is 4.05. The summed E-state index contributed by atoms with van der Waals surface area (Å²) in [5.74, 6) is -0.102. The molecule has 0 aliphatic heterocycles. The van der Waals surface area contributed by atoms with E-state index >= 15 is 0 Å². The summed E-state index contributed by atoms with van der Waals surface area (Å²) in [5.41, 5.74) is 0.502. The number of hydrogen-bond donors (Lipinski definition) is 2. The standard InChI is InChI=1S/C18H18F3N5O/c1-26(7-6-13-9-22-23-10-13)11-12-2-4-14(5-3-12)17-24-15(18(19,20)21)8-16(27)25-17/h2-5,8-10H,6-7,11H2,1H3,(H,22,23)(H,24,25,27).